The van der Waals surface area contributed by atoms with Crippen LogP contribution >= 0.6 is 0 Å². The number of benzene rings is 3. The zero-order valence-corrected chi connectivity index (χ0v) is 13.4. The number of hydrogen-bond acceptors (Lipinski definition) is 3. The highest BCUT2D eigenvalue weighted by molar-refractivity contribution is 6.35. The second-order valence-corrected chi connectivity index (χ2v) is 5.54. The highest BCUT2D eigenvalue weighted by atomic mass is 16.1. The molecule has 0 aliphatic carbocycles. The highest BCUT2D eigenvalue weighted by Crippen LogP contribution is 2.19. The van der Waals surface area contributed by atoms with Gasteiger partial charge in [-0.05, 0) is 30.2 Å². The van der Waals surface area contributed by atoms with Crippen molar-refractivity contribution in [2.24, 2.45) is 5.10 Å². The molecule has 0 radical (unpaired) electrons. The molecule has 0 amide bonds. The van der Waals surface area contributed by atoms with Gasteiger partial charge in [-0.3, -0.25) is 10.2 Å². The van der Waals surface area contributed by atoms with Crippen molar-refractivity contribution in [2.45, 2.75) is 6.92 Å². The number of hydrazone groups is 1. The zero-order chi connectivity index (χ0) is 16.8. The molecule has 0 saturated carbocycles. The van der Waals surface area contributed by atoms with Crippen molar-refractivity contribution in [3.8, 4) is 11.1 Å². The second kappa shape index (κ2) is 7.38. The summed E-state index contributed by atoms with van der Waals surface area (Å²) in [4.78, 5) is 12.1. The lowest BCUT2D eigenvalue weighted by Crippen LogP contribution is -2.02. The van der Waals surface area contributed by atoms with E-state index in [0.717, 1.165) is 16.8 Å². The van der Waals surface area contributed by atoms with Crippen molar-refractivity contribution in [3.63, 3.8) is 0 Å². The summed E-state index contributed by atoms with van der Waals surface area (Å²) >= 11 is 0. The Kier molecular flexibility index (Phi) is 4.82. The third kappa shape index (κ3) is 3.96. The fourth-order valence-corrected chi connectivity index (χ4v) is 2.33. The van der Waals surface area contributed by atoms with Gasteiger partial charge in [-0.25, -0.2) is 0 Å². The number of Topliss-reactive ketones (excluding diaryl/α,β-unsaturated/α-hetero) is 1. The van der Waals surface area contributed by atoms with Crippen LogP contribution in [0.5, 0.6) is 0 Å². The summed E-state index contributed by atoms with van der Waals surface area (Å²) in [5.74, 6) is -0.130. The van der Waals surface area contributed by atoms with Crippen molar-refractivity contribution < 1.29 is 4.79 Å². The monoisotopic (exact) mass is 314 g/mol. The Labute approximate surface area is 141 Å². The highest BCUT2D eigenvalue weighted by Gasteiger charge is 2.03. The standard InChI is InChI=1S/C21H18N2O/c1-16-7-13-20(14-8-16)23-22-15-21(24)19-11-9-18(10-12-19)17-5-3-2-4-6-17/h2-15,23H,1H3/b22-15+. The number of rotatable bonds is 5. The number of nitrogens with one attached hydrogen (secondary N) is 1. The van der Waals surface area contributed by atoms with Crippen molar-refractivity contribution in [3.05, 3.63) is 90.0 Å². The van der Waals surface area contributed by atoms with Gasteiger partial charge in [0.1, 0.15) is 0 Å². The summed E-state index contributed by atoms with van der Waals surface area (Å²) in [5, 5.41) is 4.00. The normalized spacial score (nSPS) is 10.7. The molecular weight excluding hydrogens is 296 g/mol. The van der Waals surface area contributed by atoms with Gasteiger partial charge in [0.15, 0.2) is 0 Å². The molecule has 3 nitrogen and oxygen atoms in total. The summed E-state index contributed by atoms with van der Waals surface area (Å²) in [6.07, 6.45) is 1.30. The van der Waals surface area contributed by atoms with E-state index in [1.165, 1.54) is 11.8 Å². The van der Waals surface area contributed by atoms with Crippen molar-refractivity contribution in [1.82, 2.24) is 0 Å². The maximum absolute atomic E-state index is 12.1. The Morgan fingerprint density at radius 2 is 1.46 bits per heavy atom. The van der Waals surface area contributed by atoms with Gasteiger partial charge in [-0.2, -0.15) is 5.10 Å². The van der Waals surface area contributed by atoms with Crippen LogP contribution in [0.4, 0.5) is 5.69 Å². The van der Waals surface area contributed by atoms with E-state index < -0.39 is 0 Å². The van der Waals surface area contributed by atoms with E-state index in [0.29, 0.717) is 5.56 Å². The number of carbonyl (C=O) groups excluding carboxylic acids is 1. The molecule has 24 heavy (non-hydrogen) atoms. The van der Waals surface area contributed by atoms with Gasteiger partial charge >= 0.3 is 0 Å². The van der Waals surface area contributed by atoms with Crippen LogP contribution in [0.15, 0.2) is 84.0 Å². The number of carbonyl (C=O) groups is 1. The summed E-state index contributed by atoms with van der Waals surface area (Å²) in [5.41, 5.74) is 7.72. The first-order chi connectivity index (χ1) is 11.7. The van der Waals surface area contributed by atoms with Crippen molar-refractivity contribution >= 4 is 17.7 Å². The van der Waals surface area contributed by atoms with Crippen LogP contribution in [-0.2, 0) is 0 Å². The maximum atomic E-state index is 12.1. The molecule has 0 aliphatic rings. The third-order valence-corrected chi connectivity index (χ3v) is 3.70. The Hall–Kier alpha value is -3.20. The van der Waals surface area contributed by atoms with Crippen LogP contribution in [-0.4, -0.2) is 12.0 Å². The van der Waals surface area contributed by atoms with Crippen LogP contribution in [0.25, 0.3) is 11.1 Å². The fraction of sp³-hybridized carbons (Fsp3) is 0.0476. The molecule has 0 saturated heterocycles. The average molecular weight is 314 g/mol. The predicted molar refractivity (Wildman–Crippen MR) is 99.5 cm³/mol. The van der Waals surface area contributed by atoms with E-state index in [9.17, 15) is 4.79 Å². The van der Waals surface area contributed by atoms with E-state index in [2.05, 4.69) is 10.5 Å². The number of nitrogens with zero attached hydrogens (tertiary/aromatic N) is 1. The minimum atomic E-state index is -0.130. The largest absolute Gasteiger partial charge is 0.287 e. The first-order valence-corrected chi connectivity index (χ1v) is 7.78. The van der Waals surface area contributed by atoms with Crippen molar-refractivity contribution in [1.29, 1.82) is 0 Å². The van der Waals surface area contributed by atoms with Gasteiger partial charge in [0.2, 0.25) is 5.78 Å². The fourth-order valence-electron chi connectivity index (χ4n) is 2.33. The summed E-state index contributed by atoms with van der Waals surface area (Å²) in [6, 6.07) is 25.4. The van der Waals surface area contributed by atoms with Crippen LogP contribution in [0.3, 0.4) is 0 Å². The smallest absolute Gasteiger partial charge is 0.205 e. The van der Waals surface area contributed by atoms with Crippen LogP contribution in [0.1, 0.15) is 15.9 Å². The van der Waals surface area contributed by atoms with E-state index in [4.69, 9.17) is 0 Å². The van der Waals surface area contributed by atoms with E-state index in [-0.39, 0.29) is 5.78 Å². The number of ketones is 1. The lowest BCUT2D eigenvalue weighted by atomic mass is 10.0. The first kappa shape index (κ1) is 15.7. The minimum absolute atomic E-state index is 0.130. The molecule has 3 aromatic carbocycles. The summed E-state index contributed by atoms with van der Waals surface area (Å²) < 4.78 is 0. The van der Waals surface area contributed by atoms with Gasteiger partial charge in [0.25, 0.3) is 0 Å². The minimum Gasteiger partial charge on any atom is -0.287 e. The van der Waals surface area contributed by atoms with Gasteiger partial charge in [0.05, 0.1) is 11.9 Å². The van der Waals surface area contributed by atoms with E-state index in [1.807, 2.05) is 85.8 Å². The third-order valence-electron chi connectivity index (χ3n) is 3.70. The molecular formula is C21H18N2O. The Bertz CT molecular complexity index is 835. The Balaban J connectivity index is 1.64. The van der Waals surface area contributed by atoms with E-state index in [1.54, 1.807) is 0 Å². The summed E-state index contributed by atoms with van der Waals surface area (Å²) in [6.45, 7) is 2.02. The van der Waals surface area contributed by atoms with Crippen LogP contribution < -0.4 is 5.43 Å². The quantitative estimate of drug-likeness (QED) is 0.411. The van der Waals surface area contributed by atoms with Crippen molar-refractivity contribution in [2.75, 3.05) is 5.43 Å². The predicted octanol–water partition coefficient (Wildman–Crippen LogP) is 4.94. The van der Waals surface area contributed by atoms with Gasteiger partial charge in [-0.15, -0.1) is 0 Å². The molecule has 1 N–H and O–H groups in total. The molecule has 118 valence electrons. The number of aryl methyl sites for hydroxylation is 1. The first-order valence-electron chi connectivity index (χ1n) is 7.78. The van der Waals surface area contributed by atoms with E-state index >= 15 is 0 Å². The number of hydrogen-bond donors (Lipinski definition) is 1. The molecule has 0 atom stereocenters. The molecule has 0 heterocycles. The molecule has 0 spiro atoms. The van der Waals surface area contributed by atoms with Crippen LogP contribution in [0.2, 0.25) is 0 Å². The van der Waals surface area contributed by atoms with Gasteiger partial charge in [-0.1, -0.05) is 72.3 Å². The molecule has 3 rings (SSSR count). The molecule has 0 unspecified atom stereocenters. The zero-order valence-electron chi connectivity index (χ0n) is 13.4. The Morgan fingerprint density at radius 3 is 2.12 bits per heavy atom. The SMILES string of the molecule is Cc1ccc(N/N=C/C(=O)c2ccc(-c3ccccc3)cc2)cc1. The molecule has 3 aromatic rings. The number of anilines is 1. The molecule has 0 aromatic heterocycles. The summed E-state index contributed by atoms with van der Waals surface area (Å²) in [7, 11) is 0. The maximum Gasteiger partial charge on any atom is 0.205 e. The lowest BCUT2D eigenvalue weighted by Gasteiger charge is -2.03. The molecule has 0 bridgehead atoms. The average Bonchev–Trinajstić information content (AvgIpc) is 2.64. The molecule has 3 heteroatoms. The van der Waals surface area contributed by atoms with Gasteiger partial charge < -0.3 is 0 Å². The van der Waals surface area contributed by atoms with Gasteiger partial charge in [0, 0.05) is 5.56 Å². The molecule has 0 aliphatic heterocycles. The second-order valence-electron chi connectivity index (χ2n) is 5.54. The Morgan fingerprint density at radius 1 is 0.833 bits per heavy atom. The molecule has 0 fully saturated rings. The lowest BCUT2D eigenvalue weighted by molar-refractivity contribution is 0.107. The van der Waals surface area contributed by atoms with Crippen LogP contribution in [0, 0.1) is 6.92 Å². The topological polar surface area (TPSA) is 41.5 Å².